The Morgan fingerprint density at radius 3 is 2.80 bits per heavy atom. The highest BCUT2D eigenvalue weighted by Gasteiger charge is 2.08. The van der Waals surface area contributed by atoms with Crippen LogP contribution in [0.15, 0.2) is 52.8 Å². The maximum atomic E-state index is 12.3. The maximum absolute atomic E-state index is 12.3. The largest absolute Gasteiger partial charge is 0.493 e. The number of nitrogens with zero attached hydrogens (tertiary/aromatic N) is 1. The van der Waals surface area contributed by atoms with Crippen LogP contribution in [0.3, 0.4) is 0 Å². The van der Waals surface area contributed by atoms with E-state index in [0.29, 0.717) is 24.7 Å². The Morgan fingerprint density at radius 1 is 1.36 bits per heavy atom. The van der Waals surface area contributed by atoms with E-state index in [1.54, 1.807) is 48.6 Å². The third-order valence-electron chi connectivity index (χ3n) is 3.35. The minimum atomic E-state index is -0.0597. The van der Waals surface area contributed by atoms with Gasteiger partial charge in [0.05, 0.1) is 13.7 Å². The van der Waals surface area contributed by atoms with Crippen LogP contribution in [0.2, 0.25) is 0 Å². The van der Waals surface area contributed by atoms with Gasteiger partial charge in [-0.2, -0.15) is 0 Å². The summed E-state index contributed by atoms with van der Waals surface area (Å²) >= 11 is 5.04. The molecule has 2 rings (SSSR count). The molecule has 132 valence electrons. The summed E-state index contributed by atoms with van der Waals surface area (Å²) in [4.78, 5) is 15.1. The van der Waals surface area contributed by atoms with E-state index in [1.807, 2.05) is 29.6 Å². The van der Waals surface area contributed by atoms with Crippen molar-refractivity contribution >= 4 is 39.2 Å². The molecule has 0 aliphatic carbocycles. The predicted molar refractivity (Wildman–Crippen MR) is 106 cm³/mol. The first kappa shape index (κ1) is 19.3. The van der Waals surface area contributed by atoms with Gasteiger partial charge in [0.1, 0.15) is 6.61 Å². The van der Waals surface area contributed by atoms with Gasteiger partial charge in [0.25, 0.3) is 0 Å². The second-order valence-corrected chi connectivity index (χ2v) is 7.18. The molecule has 0 radical (unpaired) electrons. The minimum Gasteiger partial charge on any atom is -0.493 e. The molecule has 0 aliphatic heterocycles. The summed E-state index contributed by atoms with van der Waals surface area (Å²) in [7, 11) is 3.37. The van der Waals surface area contributed by atoms with E-state index in [1.165, 1.54) is 0 Å². The van der Waals surface area contributed by atoms with Crippen LogP contribution < -0.4 is 9.47 Å². The molecule has 0 unspecified atom stereocenters. The molecule has 0 saturated heterocycles. The summed E-state index contributed by atoms with van der Waals surface area (Å²) in [5.74, 6) is 1.20. The molecule has 25 heavy (non-hydrogen) atoms. The number of rotatable bonds is 8. The molecular weight excluding hydrogens is 402 g/mol. The molecule has 1 aromatic heterocycles. The van der Waals surface area contributed by atoms with Crippen LogP contribution in [0.1, 0.15) is 10.4 Å². The van der Waals surface area contributed by atoms with Crippen molar-refractivity contribution in [2.75, 3.05) is 20.8 Å². The lowest BCUT2D eigenvalue weighted by Gasteiger charge is -2.13. The van der Waals surface area contributed by atoms with E-state index in [2.05, 4.69) is 22.5 Å². The molecule has 0 N–H and O–H groups in total. The first-order valence-corrected chi connectivity index (χ1v) is 9.28. The monoisotopic (exact) mass is 421 g/mol. The summed E-state index contributed by atoms with van der Waals surface area (Å²) < 4.78 is 11.9. The van der Waals surface area contributed by atoms with Crippen LogP contribution in [0.4, 0.5) is 0 Å². The fourth-order valence-electron chi connectivity index (χ4n) is 2.10. The Bertz CT molecular complexity index is 770. The molecule has 4 nitrogen and oxygen atoms in total. The molecule has 0 saturated carbocycles. The fourth-order valence-corrected chi connectivity index (χ4v) is 3.60. The zero-order chi connectivity index (χ0) is 18.2. The number of benzene rings is 1. The number of thiophene rings is 1. The van der Waals surface area contributed by atoms with Crippen LogP contribution in [0, 0.1) is 0 Å². The van der Waals surface area contributed by atoms with Crippen molar-refractivity contribution in [2.24, 2.45) is 0 Å². The van der Waals surface area contributed by atoms with Crippen molar-refractivity contribution in [3.05, 3.63) is 63.3 Å². The minimum absolute atomic E-state index is 0.0597. The van der Waals surface area contributed by atoms with Crippen LogP contribution in [-0.4, -0.2) is 31.6 Å². The van der Waals surface area contributed by atoms with Crippen LogP contribution in [-0.2, 0) is 11.3 Å². The lowest BCUT2D eigenvalue weighted by molar-refractivity contribution is -0.125. The summed E-state index contributed by atoms with van der Waals surface area (Å²) in [6, 6.07) is 7.55. The van der Waals surface area contributed by atoms with Gasteiger partial charge < -0.3 is 14.4 Å². The standard InChI is InChI=1S/C19H20BrNO3S/c1-4-9-24-17-7-5-14(10-18(17)23-3)6-8-19(22)21(2)12-16-11-15(20)13-25-16/h4-8,10-11,13H,1,9,12H2,2-3H3/b8-6+. The van der Waals surface area contributed by atoms with Gasteiger partial charge in [0.15, 0.2) is 11.5 Å². The molecule has 0 spiro atoms. The highest BCUT2D eigenvalue weighted by atomic mass is 79.9. The number of carbonyl (C=O) groups is 1. The number of halogens is 1. The molecule has 1 aromatic carbocycles. The summed E-state index contributed by atoms with van der Waals surface area (Å²) in [5, 5.41) is 2.01. The van der Waals surface area contributed by atoms with E-state index >= 15 is 0 Å². The van der Waals surface area contributed by atoms with Gasteiger partial charge in [-0.15, -0.1) is 11.3 Å². The van der Waals surface area contributed by atoms with E-state index in [9.17, 15) is 4.79 Å². The average Bonchev–Trinajstić information content (AvgIpc) is 3.02. The lowest BCUT2D eigenvalue weighted by atomic mass is 10.2. The van der Waals surface area contributed by atoms with E-state index in [4.69, 9.17) is 9.47 Å². The number of methoxy groups -OCH3 is 1. The zero-order valence-electron chi connectivity index (χ0n) is 14.2. The first-order chi connectivity index (χ1) is 12.0. The van der Waals surface area contributed by atoms with E-state index < -0.39 is 0 Å². The van der Waals surface area contributed by atoms with Crippen LogP contribution >= 0.6 is 27.3 Å². The van der Waals surface area contributed by atoms with Crippen molar-refractivity contribution < 1.29 is 14.3 Å². The van der Waals surface area contributed by atoms with Crippen molar-refractivity contribution in [3.63, 3.8) is 0 Å². The molecular formula is C19H20BrNO3S. The summed E-state index contributed by atoms with van der Waals surface area (Å²) in [6.07, 6.45) is 5.00. The molecule has 0 bridgehead atoms. The molecule has 6 heteroatoms. The van der Waals surface area contributed by atoms with Gasteiger partial charge >= 0.3 is 0 Å². The highest BCUT2D eigenvalue weighted by Crippen LogP contribution is 2.28. The highest BCUT2D eigenvalue weighted by molar-refractivity contribution is 9.10. The Hall–Kier alpha value is -2.05. The molecule has 0 fully saturated rings. The molecule has 2 aromatic rings. The first-order valence-electron chi connectivity index (χ1n) is 7.61. The number of amides is 1. The SMILES string of the molecule is C=CCOc1ccc(/C=C/C(=O)N(C)Cc2cc(Br)cs2)cc1OC. The molecule has 1 heterocycles. The quantitative estimate of drug-likeness (QED) is 0.455. The van der Waals surface area contributed by atoms with Gasteiger partial charge in [-0.1, -0.05) is 18.7 Å². The van der Waals surface area contributed by atoms with Gasteiger partial charge in [-0.05, 0) is 45.8 Å². The Kier molecular flexibility index (Phi) is 7.28. The number of hydrogen-bond acceptors (Lipinski definition) is 4. The molecule has 0 aliphatic rings. The summed E-state index contributed by atoms with van der Waals surface area (Å²) in [6.45, 7) is 4.62. The Morgan fingerprint density at radius 2 is 2.16 bits per heavy atom. The number of ether oxygens (including phenoxy) is 2. The normalized spacial score (nSPS) is 10.7. The number of hydrogen-bond donors (Lipinski definition) is 0. The van der Waals surface area contributed by atoms with Crippen molar-refractivity contribution in [1.29, 1.82) is 0 Å². The van der Waals surface area contributed by atoms with Crippen LogP contribution in [0.25, 0.3) is 6.08 Å². The zero-order valence-corrected chi connectivity index (χ0v) is 16.6. The second kappa shape index (κ2) is 9.44. The van der Waals surface area contributed by atoms with Crippen molar-refractivity contribution in [1.82, 2.24) is 4.90 Å². The molecule has 1 amide bonds. The Balaban J connectivity index is 2.02. The third kappa shape index (κ3) is 5.76. The van der Waals surface area contributed by atoms with Crippen molar-refractivity contribution in [2.45, 2.75) is 6.54 Å². The summed E-state index contributed by atoms with van der Waals surface area (Å²) in [5.41, 5.74) is 0.864. The van der Waals surface area contributed by atoms with Gasteiger partial charge in [-0.25, -0.2) is 0 Å². The fraction of sp³-hybridized carbons (Fsp3) is 0.211. The van der Waals surface area contributed by atoms with E-state index in [-0.39, 0.29) is 5.91 Å². The van der Waals surface area contributed by atoms with Crippen LogP contribution in [0.5, 0.6) is 11.5 Å². The van der Waals surface area contributed by atoms with Crippen molar-refractivity contribution in [3.8, 4) is 11.5 Å². The maximum Gasteiger partial charge on any atom is 0.246 e. The second-order valence-electron chi connectivity index (χ2n) is 5.27. The molecule has 0 atom stereocenters. The van der Waals surface area contributed by atoms with E-state index in [0.717, 1.165) is 14.9 Å². The Labute approximate surface area is 160 Å². The lowest BCUT2D eigenvalue weighted by Crippen LogP contribution is -2.23. The average molecular weight is 422 g/mol. The predicted octanol–water partition coefficient (Wildman–Crippen LogP) is 4.76. The smallest absolute Gasteiger partial charge is 0.246 e. The number of likely N-dealkylation sites (N-methyl/N-ethyl adjacent to an activating group) is 1. The van der Waals surface area contributed by atoms with Gasteiger partial charge in [0.2, 0.25) is 5.91 Å². The number of carbonyl (C=O) groups excluding carboxylic acids is 1. The van der Waals surface area contributed by atoms with Gasteiger partial charge in [-0.3, -0.25) is 4.79 Å². The van der Waals surface area contributed by atoms with Gasteiger partial charge in [0, 0.05) is 27.9 Å². The third-order valence-corrected chi connectivity index (χ3v) is 5.04. The topological polar surface area (TPSA) is 38.8 Å².